The van der Waals surface area contributed by atoms with Gasteiger partial charge in [0.1, 0.15) is 5.82 Å². The van der Waals surface area contributed by atoms with Crippen LogP contribution in [0.3, 0.4) is 0 Å². The number of carbonyl (C=O) groups is 1. The van der Waals surface area contributed by atoms with Gasteiger partial charge in [-0.2, -0.15) is 0 Å². The van der Waals surface area contributed by atoms with E-state index in [-0.39, 0.29) is 18.3 Å². The molecule has 1 aromatic heterocycles. The van der Waals surface area contributed by atoms with Gasteiger partial charge >= 0.3 is 0 Å². The van der Waals surface area contributed by atoms with Crippen molar-refractivity contribution in [3.05, 3.63) is 53.1 Å². The maximum Gasteiger partial charge on any atom is 0.255 e. The minimum absolute atomic E-state index is 0.0381. The highest BCUT2D eigenvalue weighted by atomic mass is 19.1. The molecule has 0 spiro atoms. The summed E-state index contributed by atoms with van der Waals surface area (Å²) in [6.07, 6.45) is 3.61. The zero-order valence-corrected chi connectivity index (χ0v) is 14.8. The lowest BCUT2D eigenvalue weighted by atomic mass is 10.2. The minimum Gasteiger partial charge on any atom is -0.396 e. The second-order valence-corrected chi connectivity index (χ2v) is 6.76. The van der Waals surface area contributed by atoms with E-state index in [1.807, 2.05) is 35.4 Å². The summed E-state index contributed by atoms with van der Waals surface area (Å²) in [5, 5.41) is 8.98. The lowest BCUT2D eigenvalue weighted by molar-refractivity contribution is 0.0736. The molecule has 1 heterocycles. The van der Waals surface area contributed by atoms with Crippen LogP contribution >= 0.6 is 0 Å². The van der Waals surface area contributed by atoms with E-state index in [0.717, 1.165) is 36.3 Å². The van der Waals surface area contributed by atoms with Gasteiger partial charge in [0, 0.05) is 36.3 Å². The van der Waals surface area contributed by atoms with Gasteiger partial charge in [0.2, 0.25) is 0 Å². The predicted octanol–water partition coefficient (Wildman–Crippen LogP) is 3.61. The van der Waals surface area contributed by atoms with Crippen molar-refractivity contribution < 1.29 is 14.3 Å². The molecule has 1 saturated carbocycles. The lowest BCUT2D eigenvalue weighted by Crippen LogP contribution is -2.34. The molecule has 1 fully saturated rings. The zero-order valence-electron chi connectivity index (χ0n) is 14.8. The highest BCUT2D eigenvalue weighted by molar-refractivity contribution is 5.96. The van der Waals surface area contributed by atoms with Crippen molar-refractivity contribution in [1.29, 1.82) is 0 Å². The quantitative estimate of drug-likeness (QED) is 0.780. The average molecular weight is 344 g/mol. The molecule has 4 nitrogen and oxygen atoms in total. The van der Waals surface area contributed by atoms with Crippen LogP contribution in [0.4, 0.5) is 4.39 Å². The summed E-state index contributed by atoms with van der Waals surface area (Å²) < 4.78 is 15.5. The third-order valence-corrected chi connectivity index (χ3v) is 4.78. The number of halogens is 1. The van der Waals surface area contributed by atoms with Crippen LogP contribution in [0.1, 0.15) is 47.4 Å². The Balaban J connectivity index is 1.89. The highest BCUT2D eigenvalue weighted by Gasteiger charge is 2.34. The van der Waals surface area contributed by atoms with Gasteiger partial charge in [-0.15, -0.1) is 0 Å². The van der Waals surface area contributed by atoms with Gasteiger partial charge in [-0.1, -0.05) is 6.07 Å². The molecule has 0 bridgehead atoms. The number of carbonyl (C=O) groups excluding carboxylic acids is 1. The van der Waals surface area contributed by atoms with Crippen LogP contribution in [-0.4, -0.2) is 39.7 Å². The Morgan fingerprint density at radius 1 is 1.28 bits per heavy atom. The summed E-state index contributed by atoms with van der Waals surface area (Å²) in [5.41, 5.74) is 3.16. The van der Waals surface area contributed by atoms with Crippen molar-refractivity contribution >= 4 is 5.91 Å². The summed E-state index contributed by atoms with van der Waals surface area (Å²) in [6.45, 7) is 4.67. The Kier molecular flexibility index (Phi) is 5.23. The molecule has 2 aromatic rings. The Morgan fingerprint density at radius 2 is 2.04 bits per heavy atom. The number of hydrogen-bond acceptors (Lipinski definition) is 2. The van der Waals surface area contributed by atoms with Gasteiger partial charge in [-0.3, -0.25) is 4.79 Å². The standard InChI is InChI=1S/C20H25FN2O2/c1-14-12-19(15(2)23(14)18-7-5-6-16(21)13-18)20(25)22(17-8-9-17)10-3-4-11-24/h5-7,12-13,17,24H,3-4,8-11H2,1-2H3. The summed E-state index contributed by atoms with van der Waals surface area (Å²) in [5.74, 6) is -0.252. The Hall–Kier alpha value is -2.14. The van der Waals surface area contributed by atoms with E-state index in [9.17, 15) is 9.18 Å². The first-order valence-corrected chi connectivity index (χ1v) is 8.89. The lowest BCUT2D eigenvalue weighted by Gasteiger charge is -2.22. The number of aliphatic hydroxyl groups is 1. The van der Waals surface area contributed by atoms with Gasteiger partial charge in [0.15, 0.2) is 0 Å². The monoisotopic (exact) mass is 344 g/mol. The third kappa shape index (κ3) is 3.76. The van der Waals surface area contributed by atoms with E-state index in [2.05, 4.69) is 0 Å². The summed E-state index contributed by atoms with van der Waals surface area (Å²) >= 11 is 0. The number of benzene rings is 1. The molecule has 1 N–H and O–H groups in total. The second-order valence-electron chi connectivity index (χ2n) is 6.76. The molecule has 5 heteroatoms. The minimum atomic E-state index is -0.290. The second kappa shape index (κ2) is 7.40. The molecule has 1 aliphatic rings. The van der Waals surface area contributed by atoms with Crippen molar-refractivity contribution in [2.45, 2.75) is 45.6 Å². The Bertz CT molecular complexity index is 765. The molecule has 0 unspecified atom stereocenters. The fraction of sp³-hybridized carbons (Fsp3) is 0.450. The van der Waals surface area contributed by atoms with Crippen LogP contribution in [0, 0.1) is 19.7 Å². The van der Waals surface area contributed by atoms with E-state index in [1.54, 1.807) is 6.07 Å². The van der Waals surface area contributed by atoms with Crippen LogP contribution in [-0.2, 0) is 0 Å². The molecule has 0 radical (unpaired) electrons. The number of nitrogens with zero attached hydrogens (tertiary/aromatic N) is 2. The summed E-state index contributed by atoms with van der Waals surface area (Å²) in [6, 6.07) is 8.63. The van der Waals surface area contributed by atoms with E-state index >= 15 is 0 Å². The number of hydrogen-bond donors (Lipinski definition) is 1. The molecule has 134 valence electrons. The first kappa shape index (κ1) is 17.7. The predicted molar refractivity (Wildman–Crippen MR) is 95.6 cm³/mol. The SMILES string of the molecule is Cc1cc(C(=O)N(CCCCO)C2CC2)c(C)n1-c1cccc(F)c1. The van der Waals surface area contributed by atoms with E-state index in [4.69, 9.17) is 5.11 Å². The van der Waals surface area contributed by atoms with Crippen molar-refractivity contribution in [3.63, 3.8) is 0 Å². The van der Waals surface area contributed by atoms with Crippen LogP contribution in [0.25, 0.3) is 5.69 Å². The molecule has 0 aliphatic heterocycles. The van der Waals surface area contributed by atoms with Gasteiger partial charge < -0.3 is 14.6 Å². The fourth-order valence-electron chi connectivity index (χ4n) is 3.38. The number of amides is 1. The number of aromatic nitrogens is 1. The van der Waals surface area contributed by atoms with Gasteiger partial charge in [-0.25, -0.2) is 4.39 Å². The zero-order chi connectivity index (χ0) is 18.0. The molecule has 0 saturated heterocycles. The maximum absolute atomic E-state index is 13.6. The third-order valence-electron chi connectivity index (χ3n) is 4.78. The molecule has 3 rings (SSSR count). The first-order valence-electron chi connectivity index (χ1n) is 8.89. The maximum atomic E-state index is 13.6. The topological polar surface area (TPSA) is 45.5 Å². The summed E-state index contributed by atoms with van der Waals surface area (Å²) in [7, 11) is 0. The Labute approximate surface area is 147 Å². The average Bonchev–Trinajstić information content (AvgIpc) is 3.36. The molecule has 25 heavy (non-hydrogen) atoms. The molecule has 1 amide bonds. The number of aliphatic hydroxyl groups excluding tert-OH is 1. The molecular formula is C20H25FN2O2. The molecule has 1 aromatic carbocycles. The van der Waals surface area contributed by atoms with E-state index in [0.29, 0.717) is 24.6 Å². The van der Waals surface area contributed by atoms with Crippen molar-refractivity contribution in [3.8, 4) is 5.69 Å². The molecule has 1 aliphatic carbocycles. The van der Waals surface area contributed by atoms with Gasteiger partial charge in [0.05, 0.1) is 5.56 Å². The number of unbranched alkanes of at least 4 members (excludes halogenated alkanes) is 1. The smallest absolute Gasteiger partial charge is 0.255 e. The van der Waals surface area contributed by atoms with Crippen LogP contribution in [0.2, 0.25) is 0 Å². The van der Waals surface area contributed by atoms with Crippen molar-refractivity contribution in [1.82, 2.24) is 9.47 Å². The normalized spacial score (nSPS) is 13.9. The number of rotatable bonds is 7. The summed E-state index contributed by atoms with van der Waals surface area (Å²) in [4.78, 5) is 15.0. The molecule has 0 atom stereocenters. The van der Waals surface area contributed by atoms with Gasteiger partial charge in [-0.05, 0) is 63.8 Å². The van der Waals surface area contributed by atoms with Crippen molar-refractivity contribution in [2.24, 2.45) is 0 Å². The van der Waals surface area contributed by atoms with Crippen LogP contribution in [0.15, 0.2) is 30.3 Å². The number of aryl methyl sites for hydroxylation is 1. The van der Waals surface area contributed by atoms with E-state index < -0.39 is 0 Å². The van der Waals surface area contributed by atoms with Crippen LogP contribution < -0.4 is 0 Å². The van der Waals surface area contributed by atoms with Gasteiger partial charge in [0.25, 0.3) is 5.91 Å². The fourth-order valence-corrected chi connectivity index (χ4v) is 3.38. The first-order chi connectivity index (χ1) is 12.0. The molecular weight excluding hydrogens is 319 g/mol. The van der Waals surface area contributed by atoms with Crippen LogP contribution in [0.5, 0.6) is 0 Å². The van der Waals surface area contributed by atoms with E-state index in [1.165, 1.54) is 12.1 Å². The van der Waals surface area contributed by atoms with Crippen molar-refractivity contribution in [2.75, 3.05) is 13.2 Å². The largest absolute Gasteiger partial charge is 0.396 e. The highest BCUT2D eigenvalue weighted by Crippen LogP contribution is 2.30. The Morgan fingerprint density at radius 3 is 2.68 bits per heavy atom.